The van der Waals surface area contributed by atoms with Gasteiger partial charge in [-0.15, -0.1) is 0 Å². The summed E-state index contributed by atoms with van der Waals surface area (Å²) in [5, 5.41) is 8.85. The van der Waals surface area contributed by atoms with Crippen LogP contribution in [0.25, 0.3) is 0 Å². The number of methoxy groups -OCH3 is 1. The van der Waals surface area contributed by atoms with E-state index in [1.165, 1.54) is 18.6 Å². The molecule has 1 aromatic rings. The summed E-state index contributed by atoms with van der Waals surface area (Å²) >= 11 is 2.02. The highest BCUT2D eigenvalue weighted by atomic mass is 32.2. The van der Waals surface area contributed by atoms with E-state index in [4.69, 9.17) is 4.74 Å². The van der Waals surface area contributed by atoms with Gasteiger partial charge in [0.2, 0.25) is 17.6 Å². The summed E-state index contributed by atoms with van der Waals surface area (Å²) in [7, 11) is 1.56. The predicted octanol–water partition coefficient (Wildman–Crippen LogP) is 3.41. The molecule has 1 aliphatic rings. The molecule has 3 N–H and O–H groups in total. The van der Waals surface area contributed by atoms with Crippen LogP contribution < -0.4 is 20.7 Å². The molecule has 37 heavy (non-hydrogen) atoms. The van der Waals surface area contributed by atoms with Gasteiger partial charge in [0.25, 0.3) is 5.91 Å². The van der Waals surface area contributed by atoms with Gasteiger partial charge in [-0.25, -0.2) is 0 Å². The lowest BCUT2D eigenvalue weighted by Gasteiger charge is -2.24. The molecule has 0 radical (unpaired) electrons. The van der Waals surface area contributed by atoms with Crippen molar-refractivity contribution in [3.05, 3.63) is 29.8 Å². The first-order valence-electron chi connectivity index (χ1n) is 13.4. The van der Waals surface area contributed by atoms with Crippen LogP contribution in [0.2, 0.25) is 0 Å². The Morgan fingerprint density at radius 1 is 1.05 bits per heavy atom. The molecule has 206 valence electrons. The van der Waals surface area contributed by atoms with Crippen LogP contribution in [0.3, 0.4) is 0 Å². The summed E-state index contributed by atoms with van der Waals surface area (Å²) in [4.78, 5) is 51.2. The molecular weight excluding hydrogens is 490 g/mol. The van der Waals surface area contributed by atoms with Crippen LogP contribution in [0.1, 0.15) is 71.3 Å². The van der Waals surface area contributed by atoms with Crippen molar-refractivity contribution in [2.75, 3.05) is 19.4 Å². The lowest BCUT2D eigenvalue weighted by atomic mass is 9.99. The van der Waals surface area contributed by atoms with Crippen molar-refractivity contribution in [1.82, 2.24) is 16.0 Å². The van der Waals surface area contributed by atoms with E-state index in [-0.39, 0.29) is 18.2 Å². The Kier molecular flexibility index (Phi) is 13.5. The minimum absolute atomic E-state index is 0.146. The SMILES string of the molecule is CCNC(=O)C(=O)[C@H](Cc1ccc(OC)cc1)NC(=O)[C@H](CC(C)C)NC(=O)CCCCC1CCCS1. The number of benzene rings is 1. The van der Waals surface area contributed by atoms with E-state index in [0.717, 1.165) is 24.8 Å². The third-order valence-corrected chi connectivity index (χ3v) is 7.82. The monoisotopic (exact) mass is 533 g/mol. The van der Waals surface area contributed by atoms with Crippen molar-refractivity contribution in [3.63, 3.8) is 0 Å². The van der Waals surface area contributed by atoms with E-state index >= 15 is 0 Å². The molecule has 3 amide bonds. The van der Waals surface area contributed by atoms with Gasteiger partial charge in [-0.3, -0.25) is 19.2 Å². The van der Waals surface area contributed by atoms with Gasteiger partial charge < -0.3 is 20.7 Å². The van der Waals surface area contributed by atoms with Gasteiger partial charge in [0, 0.05) is 24.6 Å². The first-order chi connectivity index (χ1) is 17.7. The fourth-order valence-corrected chi connectivity index (χ4v) is 5.72. The number of thioether (sulfide) groups is 1. The number of likely N-dealkylation sites (N-methyl/N-ethyl adjacent to an activating group) is 1. The number of carbonyl (C=O) groups is 4. The molecule has 1 fully saturated rings. The zero-order chi connectivity index (χ0) is 27.2. The Hall–Kier alpha value is -2.55. The lowest BCUT2D eigenvalue weighted by Crippen LogP contribution is -2.54. The fraction of sp³-hybridized carbons (Fsp3) is 0.643. The molecule has 9 heteroatoms. The first-order valence-corrected chi connectivity index (χ1v) is 14.4. The van der Waals surface area contributed by atoms with Crippen LogP contribution in [0.4, 0.5) is 0 Å². The normalized spacial score (nSPS) is 16.6. The summed E-state index contributed by atoms with van der Waals surface area (Å²) in [6.07, 6.45) is 6.40. The maximum absolute atomic E-state index is 13.3. The standard InChI is InChI=1S/C28H43N3O5S/c1-5-29-28(35)26(33)23(18-20-12-14-21(36-4)15-13-20)31-27(34)24(17-19(2)3)30-25(32)11-7-6-9-22-10-8-16-37-22/h12-15,19,22-24H,5-11,16-18H2,1-4H3,(H,29,35)(H,30,32)(H,31,34)/t22?,23-,24-/m0/s1. The van der Waals surface area contributed by atoms with E-state index in [1.54, 1.807) is 38.3 Å². The smallest absolute Gasteiger partial charge is 0.289 e. The van der Waals surface area contributed by atoms with Crippen molar-refractivity contribution in [3.8, 4) is 5.75 Å². The molecule has 1 unspecified atom stereocenters. The van der Waals surface area contributed by atoms with Gasteiger partial charge in [-0.1, -0.05) is 32.4 Å². The van der Waals surface area contributed by atoms with E-state index in [2.05, 4.69) is 16.0 Å². The Morgan fingerprint density at radius 2 is 1.78 bits per heavy atom. The van der Waals surface area contributed by atoms with Crippen molar-refractivity contribution < 1.29 is 23.9 Å². The number of rotatable bonds is 16. The summed E-state index contributed by atoms with van der Waals surface area (Å²) in [6.45, 7) is 5.98. The number of ketones is 1. The second kappa shape index (κ2) is 16.3. The molecule has 1 aromatic carbocycles. The van der Waals surface area contributed by atoms with E-state index in [9.17, 15) is 19.2 Å². The third-order valence-electron chi connectivity index (χ3n) is 6.36. The van der Waals surface area contributed by atoms with Crippen LogP contribution in [-0.4, -0.2) is 60.2 Å². The van der Waals surface area contributed by atoms with Crippen LogP contribution in [0.5, 0.6) is 5.75 Å². The van der Waals surface area contributed by atoms with Crippen molar-refractivity contribution in [2.45, 2.75) is 89.5 Å². The van der Waals surface area contributed by atoms with Crippen LogP contribution in [0, 0.1) is 5.92 Å². The van der Waals surface area contributed by atoms with Crippen molar-refractivity contribution in [1.29, 1.82) is 0 Å². The summed E-state index contributed by atoms with van der Waals surface area (Å²) in [5.74, 6) is -0.0337. The Labute approximate surface area is 225 Å². The molecule has 0 saturated carbocycles. The molecule has 2 rings (SSSR count). The van der Waals surface area contributed by atoms with E-state index < -0.39 is 29.7 Å². The number of hydrogen-bond donors (Lipinski definition) is 3. The van der Waals surface area contributed by atoms with Crippen LogP contribution in [-0.2, 0) is 25.6 Å². The second-order valence-corrected chi connectivity index (χ2v) is 11.4. The number of ether oxygens (including phenoxy) is 1. The molecule has 1 heterocycles. The molecule has 0 aliphatic carbocycles. The number of amides is 3. The molecule has 1 saturated heterocycles. The zero-order valence-electron chi connectivity index (χ0n) is 22.6. The summed E-state index contributed by atoms with van der Waals surface area (Å²) in [6, 6.07) is 5.28. The minimum atomic E-state index is -1.05. The molecule has 0 spiro atoms. The molecule has 0 aromatic heterocycles. The average molecular weight is 534 g/mol. The molecule has 1 aliphatic heterocycles. The maximum Gasteiger partial charge on any atom is 0.289 e. The minimum Gasteiger partial charge on any atom is -0.497 e. The first kappa shape index (κ1) is 30.7. The molecular formula is C28H43N3O5S. The van der Waals surface area contributed by atoms with Gasteiger partial charge in [0.05, 0.1) is 7.11 Å². The summed E-state index contributed by atoms with van der Waals surface area (Å²) in [5.41, 5.74) is 0.772. The van der Waals surface area contributed by atoms with Crippen molar-refractivity contribution >= 4 is 35.3 Å². The Morgan fingerprint density at radius 3 is 2.38 bits per heavy atom. The molecule has 3 atom stereocenters. The van der Waals surface area contributed by atoms with Gasteiger partial charge in [-0.2, -0.15) is 11.8 Å². The quantitative estimate of drug-likeness (QED) is 0.222. The van der Waals surface area contributed by atoms with E-state index in [0.29, 0.717) is 30.4 Å². The van der Waals surface area contributed by atoms with Crippen LogP contribution >= 0.6 is 11.8 Å². The molecule has 0 bridgehead atoms. The van der Waals surface area contributed by atoms with Gasteiger partial charge in [0.1, 0.15) is 17.8 Å². The fourth-order valence-electron chi connectivity index (χ4n) is 4.38. The van der Waals surface area contributed by atoms with Gasteiger partial charge in [0.15, 0.2) is 0 Å². The second-order valence-electron chi connectivity index (χ2n) is 9.97. The number of unbranched alkanes of at least 4 members (excludes halogenated alkanes) is 1. The number of hydrogen-bond acceptors (Lipinski definition) is 6. The predicted molar refractivity (Wildman–Crippen MR) is 148 cm³/mol. The van der Waals surface area contributed by atoms with Crippen LogP contribution in [0.15, 0.2) is 24.3 Å². The maximum atomic E-state index is 13.3. The number of nitrogens with one attached hydrogen (secondary N) is 3. The molecule has 8 nitrogen and oxygen atoms in total. The Balaban J connectivity index is 2.02. The Bertz CT molecular complexity index is 884. The summed E-state index contributed by atoms with van der Waals surface area (Å²) < 4.78 is 5.18. The number of carbonyl (C=O) groups excluding carboxylic acids is 4. The number of Topliss-reactive ketones (excluding diaryl/α,β-unsaturated/α-hetero) is 1. The zero-order valence-corrected chi connectivity index (χ0v) is 23.5. The topological polar surface area (TPSA) is 114 Å². The van der Waals surface area contributed by atoms with Gasteiger partial charge >= 0.3 is 0 Å². The third kappa shape index (κ3) is 11.2. The highest BCUT2D eigenvalue weighted by molar-refractivity contribution is 8.00. The van der Waals surface area contributed by atoms with Gasteiger partial charge in [-0.05, 0) is 68.4 Å². The average Bonchev–Trinajstić information content (AvgIpc) is 3.39. The highest BCUT2D eigenvalue weighted by Gasteiger charge is 2.30. The van der Waals surface area contributed by atoms with Crippen molar-refractivity contribution in [2.24, 2.45) is 5.92 Å². The largest absolute Gasteiger partial charge is 0.497 e. The lowest BCUT2D eigenvalue weighted by molar-refractivity contribution is -0.140. The van der Waals surface area contributed by atoms with E-state index in [1.807, 2.05) is 25.6 Å². The highest BCUT2D eigenvalue weighted by Crippen LogP contribution is 2.30.